The van der Waals surface area contributed by atoms with Crippen molar-refractivity contribution >= 4 is 24.2 Å². The molecule has 2 N–H and O–H groups in total. The molecule has 0 unspecified atom stereocenters. The van der Waals surface area contributed by atoms with E-state index in [0.29, 0.717) is 13.0 Å². The van der Waals surface area contributed by atoms with Crippen LogP contribution in [0.4, 0.5) is 0 Å². The van der Waals surface area contributed by atoms with Gasteiger partial charge in [-0.15, -0.1) is 12.4 Å². The standard InChI is InChI=1S/C13H25N3O2.ClH/c1-2-14-8-9-15-12(17)11-16-10-6-4-3-5-7-13(16)18;/h14H,2-11H2,1H3,(H,15,17);1H. The second-order valence-corrected chi connectivity index (χ2v) is 4.68. The summed E-state index contributed by atoms with van der Waals surface area (Å²) < 4.78 is 0. The summed E-state index contributed by atoms with van der Waals surface area (Å²) in [5, 5.41) is 5.97. The number of carbonyl (C=O) groups is 2. The van der Waals surface area contributed by atoms with Gasteiger partial charge in [0.2, 0.25) is 11.8 Å². The summed E-state index contributed by atoms with van der Waals surface area (Å²) in [5.74, 6) is 0.0679. The van der Waals surface area contributed by atoms with Crippen LogP contribution in [-0.4, -0.2) is 49.4 Å². The lowest BCUT2D eigenvalue weighted by molar-refractivity contribution is -0.136. The molecule has 0 radical (unpaired) electrons. The van der Waals surface area contributed by atoms with Crippen molar-refractivity contribution in [3.8, 4) is 0 Å². The smallest absolute Gasteiger partial charge is 0.239 e. The number of carbonyl (C=O) groups excluding carboxylic acids is 2. The van der Waals surface area contributed by atoms with Gasteiger partial charge >= 0.3 is 0 Å². The lowest BCUT2D eigenvalue weighted by Gasteiger charge is -2.24. The molecule has 0 aliphatic carbocycles. The predicted molar refractivity (Wildman–Crippen MR) is 78.5 cm³/mol. The van der Waals surface area contributed by atoms with Crippen LogP contribution in [0.25, 0.3) is 0 Å². The maximum atomic E-state index is 11.8. The van der Waals surface area contributed by atoms with E-state index in [-0.39, 0.29) is 30.8 Å². The van der Waals surface area contributed by atoms with Gasteiger partial charge in [0.1, 0.15) is 0 Å². The van der Waals surface area contributed by atoms with Crippen LogP contribution in [0.15, 0.2) is 0 Å². The molecule has 6 heteroatoms. The third-order valence-electron chi connectivity index (χ3n) is 3.13. The first kappa shape index (κ1) is 18.2. The number of rotatable bonds is 6. The minimum Gasteiger partial charge on any atom is -0.353 e. The van der Waals surface area contributed by atoms with Gasteiger partial charge in [0.05, 0.1) is 6.54 Å². The molecule has 2 amide bonds. The zero-order valence-corrected chi connectivity index (χ0v) is 12.6. The fraction of sp³-hybridized carbons (Fsp3) is 0.846. The number of nitrogens with zero attached hydrogens (tertiary/aromatic N) is 1. The van der Waals surface area contributed by atoms with Crippen molar-refractivity contribution in [1.82, 2.24) is 15.5 Å². The molecule has 1 fully saturated rings. The third-order valence-corrected chi connectivity index (χ3v) is 3.13. The highest BCUT2D eigenvalue weighted by Gasteiger charge is 2.17. The normalized spacial score (nSPS) is 16.3. The Balaban J connectivity index is 0.00000324. The lowest BCUT2D eigenvalue weighted by Crippen LogP contribution is -2.43. The topological polar surface area (TPSA) is 61.4 Å². The van der Waals surface area contributed by atoms with Gasteiger partial charge in [-0.3, -0.25) is 9.59 Å². The predicted octanol–water partition coefficient (Wildman–Crippen LogP) is 0.927. The van der Waals surface area contributed by atoms with Crippen molar-refractivity contribution in [3.63, 3.8) is 0 Å². The van der Waals surface area contributed by atoms with E-state index in [1.54, 1.807) is 4.90 Å². The molecule has 0 bridgehead atoms. The van der Waals surface area contributed by atoms with Crippen LogP contribution in [0.2, 0.25) is 0 Å². The van der Waals surface area contributed by atoms with Crippen LogP contribution in [0.1, 0.15) is 39.0 Å². The Morgan fingerprint density at radius 2 is 1.95 bits per heavy atom. The SMILES string of the molecule is CCNCCNC(=O)CN1CCCCCCC1=O.Cl. The van der Waals surface area contributed by atoms with Crippen LogP contribution in [0, 0.1) is 0 Å². The minimum absolute atomic E-state index is 0. The Labute approximate surface area is 121 Å². The number of likely N-dealkylation sites (N-methyl/N-ethyl adjacent to an activating group) is 1. The molecular formula is C13H26ClN3O2. The van der Waals surface area contributed by atoms with Gasteiger partial charge in [-0.25, -0.2) is 0 Å². The Morgan fingerprint density at radius 1 is 1.21 bits per heavy atom. The van der Waals surface area contributed by atoms with Crippen molar-refractivity contribution in [2.45, 2.75) is 39.0 Å². The molecule has 1 saturated heterocycles. The number of hydrogen-bond donors (Lipinski definition) is 2. The fourth-order valence-corrected chi connectivity index (χ4v) is 2.08. The molecule has 0 aromatic carbocycles. The second-order valence-electron chi connectivity index (χ2n) is 4.68. The number of likely N-dealkylation sites (tertiary alicyclic amines) is 1. The number of hydrogen-bond acceptors (Lipinski definition) is 3. The molecule has 19 heavy (non-hydrogen) atoms. The van der Waals surface area contributed by atoms with E-state index in [9.17, 15) is 9.59 Å². The lowest BCUT2D eigenvalue weighted by atomic mass is 10.1. The monoisotopic (exact) mass is 291 g/mol. The number of halogens is 1. The van der Waals surface area contributed by atoms with Gasteiger partial charge in [-0.05, 0) is 19.4 Å². The van der Waals surface area contributed by atoms with Crippen molar-refractivity contribution in [1.29, 1.82) is 0 Å². The van der Waals surface area contributed by atoms with Crippen molar-refractivity contribution < 1.29 is 9.59 Å². The van der Waals surface area contributed by atoms with Crippen molar-refractivity contribution in [2.24, 2.45) is 0 Å². The summed E-state index contributed by atoms with van der Waals surface area (Å²) in [7, 11) is 0. The van der Waals surface area contributed by atoms with Crippen LogP contribution in [0.5, 0.6) is 0 Å². The van der Waals surface area contributed by atoms with Gasteiger partial charge < -0.3 is 15.5 Å². The van der Waals surface area contributed by atoms with E-state index >= 15 is 0 Å². The summed E-state index contributed by atoms with van der Waals surface area (Å²) in [6.45, 7) is 5.26. The molecule has 0 aromatic heterocycles. The molecule has 112 valence electrons. The minimum atomic E-state index is -0.0539. The Morgan fingerprint density at radius 3 is 2.68 bits per heavy atom. The van der Waals surface area contributed by atoms with Crippen LogP contribution >= 0.6 is 12.4 Å². The average molecular weight is 292 g/mol. The maximum absolute atomic E-state index is 11.8. The number of nitrogens with one attached hydrogen (secondary N) is 2. The molecule has 0 saturated carbocycles. The molecule has 1 aliphatic rings. The van der Waals surface area contributed by atoms with E-state index in [2.05, 4.69) is 10.6 Å². The highest BCUT2D eigenvalue weighted by molar-refractivity contribution is 5.85. The van der Waals surface area contributed by atoms with Gasteiger partial charge in [-0.2, -0.15) is 0 Å². The zero-order chi connectivity index (χ0) is 13.2. The quantitative estimate of drug-likeness (QED) is 0.716. The zero-order valence-electron chi connectivity index (χ0n) is 11.7. The molecule has 1 heterocycles. The van der Waals surface area contributed by atoms with E-state index in [0.717, 1.165) is 45.3 Å². The van der Waals surface area contributed by atoms with Gasteiger partial charge in [0.15, 0.2) is 0 Å². The molecule has 5 nitrogen and oxygen atoms in total. The van der Waals surface area contributed by atoms with Crippen LogP contribution < -0.4 is 10.6 Å². The Bertz CT molecular complexity index is 275. The van der Waals surface area contributed by atoms with E-state index in [1.165, 1.54) is 0 Å². The first-order valence-corrected chi connectivity index (χ1v) is 6.99. The molecule has 1 aliphatic heterocycles. The van der Waals surface area contributed by atoms with Crippen LogP contribution in [0.3, 0.4) is 0 Å². The molecule has 0 aromatic rings. The first-order valence-electron chi connectivity index (χ1n) is 6.99. The number of amides is 2. The van der Waals surface area contributed by atoms with Crippen molar-refractivity contribution in [3.05, 3.63) is 0 Å². The third kappa shape index (κ3) is 8.06. The van der Waals surface area contributed by atoms with E-state index < -0.39 is 0 Å². The largest absolute Gasteiger partial charge is 0.353 e. The van der Waals surface area contributed by atoms with Gasteiger partial charge in [0.25, 0.3) is 0 Å². The van der Waals surface area contributed by atoms with E-state index in [1.807, 2.05) is 6.92 Å². The maximum Gasteiger partial charge on any atom is 0.239 e. The summed E-state index contributed by atoms with van der Waals surface area (Å²) in [6.07, 6.45) is 4.85. The highest BCUT2D eigenvalue weighted by atomic mass is 35.5. The summed E-state index contributed by atoms with van der Waals surface area (Å²) in [5.41, 5.74) is 0. The molecule has 0 spiro atoms. The average Bonchev–Trinajstić information content (AvgIpc) is 2.34. The van der Waals surface area contributed by atoms with Crippen molar-refractivity contribution in [2.75, 3.05) is 32.7 Å². The first-order chi connectivity index (χ1) is 8.74. The summed E-state index contributed by atoms with van der Waals surface area (Å²) >= 11 is 0. The molecular weight excluding hydrogens is 266 g/mol. The summed E-state index contributed by atoms with van der Waals surface area (Å²) in [4.78, 5) is 25.2. The highest BCUT2D eigenvalue weighted by Crippen LogP contribution is 2.11. The molecule has 1 rings (SSSR count). The Kier molecular flexibility index (Phi) is 10.6. The van der Waals surface area contributed by atoms with Gasteiger partial charge in [0, 0.05) is 26.1 Å². The summed E-state index contributed by atoms with van der Waals surface area (Å²) in [6, 6.07) is 0. The van der Waals surface area contributed by atoms with Gasteiger partial charge in [-0.1, -0.05) is 19.8 Å². The second kappa shape index (κ2) is 11.1. The Hall–Kier alpha value is -0.810. The molecule has 0 atom stereocenters. The fourth-order valence-electron chi connectivity index (χ4n) is 2.08. The van der Waals surface area contributed by atoms with E-state index in [4.69, 9.17) is 0 Å². The van der Waals surface area contributed by atoms with Crippen LogP contribution in [-0.2, 0) is 9.59 Å².